The molecule has 0 aliphatic rings. The molecule has 4 nitrogen and oxygen atoms in total. The number of rotatable bonds is 13. The Hall–Kier alpha value is 0.870. The molecule has 1 unspecified atom stereocenters. The molecular weight excluding hydrogens is 285 g/mol. The van der Waals surface area contributed by atoms with E-state index in [0.717, 1.165) is 12.8 Å². The van der Waals surface area contributed by atoms with Gasteiger partial charge in [0.05, 0.1) is 11.5 Å². The molecule has 0 amide bonds. The van der Waals surface area contributed by atoms with E-state index in [-0.39, 0.29) is 41.1 Å². The SMILES string of the molecule is CCCCCCCCCCCCS(=O)(=O)CC(N)O.[NaH]. The molecule has 0 rings (SSSR count). The van der Waals surface area contributed by atoms with Crippen LogP contribution in [0.3, 0.4) is 0 Å². The zero-order valence-corrected chi connectivity index (χ0v) is 13.1. The van der Waals surface area contributed by atoms with Gasteiger partial charge in [-0.15, -0.1) is 0 Å². The van der Waals surface area contributed by atoms with Crippen LogP contribution in [0.25, 0.3) is 0 Å². The third kappa shape index (κ3) is 16.9. The second-order valence-electron chi connectivity index (χ2n) is 5.36. The summed E-state index contributed by atoms with van der Waals surface area (Å²) < 4.78 is 22.9. The van der Waals surface area contributed by atoms with Gasteiger partial charge < -0.3 is 10.8 Å². The number of aliphatic hydroxyl groups is 1. The Bertz CT molecular complexity index is 295. The topological polar surface area (TPSA) is 80.4 Å². The maximum atomic E-state index is 11.4. The van der Waals surface area contributed by atoms with Crippen LogP contribution < -0.4 is 5.73 Å². The van der Waals surface area contributed by atoms with Gasteiger partial charge in [-0.25, -0.2) is 8.42 Å². The van der Waals surface area contributed by atoms with Crippen molar-refractivity contribution < 1.29 is 13.5 Å². The molecule has 0 aromatic carbocycles. The minimum atomic E-state index is -3.16. The molecule has 6 heteroatoms. The molecule has 1 atom stereocenters. The number of hydrogen-bond donors (Lipinski definition) is 2. The van der Waals surface area contributed by atoms with Gasteiger partial charge in [0.15, 0.2) is 9.84 Å². The molecule has 0 bridgehead atoms. The zero-order valence-electron chi connectivity index (χ0n) is 12.3. The van der Waals surface area contributed by atoms with Gasteiger partial charge in [0.25, 0.3) is 0 Å². The van der Waals surface area contributed by atoms with Crippen molar-refractivity contribution in [3.05, 3.63) is 0 Å². The first-order valence-corrected chi connectivity index (χ1v) is 9.44. The number of aliphatic hydroxyl groups excluding tert-OH is 1. The number of hydrogen-bond acceptors (Lipinski definition) is 4. The molecule has 0 heterocycles. The summed E-state index contributed by atoms with van der Waals surface area (Å²) >= 11 is 0. The van der Waals surface area contributed by atoms with E-state index in [2.05, 4.69) is 6.92 Å². The third-order valence-electron chi connectivity index (χ3n) is 3.23. The van der Waals surface area contributed by atoms with Crippen molar-refractivity contribution >= 4 is 39.4 Å². The van der Waals surface area contributed by atoms with E-state index in [1.54, 1.807) is 0 Å². The molecule has 0 saturated carbocycles. The minimum absolute atomic E-state index is 0. The van der Waals surface area contributed by atoms with Crippen LogP contribution in [-0.2, 0) is 9.84 Å². The summed E-state index contributed by atoms with van der Waals surface area (Å²) in [5.74, 6) is -0.164. The van der Waals surface area contributed by atoms with E-state index < -0.39 is 16.1 Å². The van der Waals surface area contributed by atoms with Crippen molar-refractivity contribution in [3.63, 3.8) is 0 Å². The fourth-order valence-corrected chi connectivity index (χ4v) is 3.48. The quantitative estimate of drug-likeness (QED) is 0.309. The van der Waals surface area contributed by atoms with Gasteiger partial charge in [0, 0.05) is 0 Å². The van der Waals surface area contributed by atoms with Gasteiger partial charge in [-0.1, -0.05) is 64.7 Å². The summed E-state index contributed by atoms with van der Waals surface area (Å²) in [6.45, 7) is 2.22. The van der Waals surface area contributed by atoms with E-state index in [1.807, 2.05) is 0 Å². The van der Waals surface area contributed by atoms with Crippen molar-refractivity contribution in [2.45, 2.75) is 77.4 Å². The van der Waals surface area contributed by atoms with Crippen LogP contribution in [0.4, 0.5) is 0 Å². The zero-order chi connectivity index (χ0) is 14.6. The second kappa shape index (κ2) is 14.8. The summed E-state index contributed by atoms with van der Waals surface area (Å²) in [7, 11) is -3.16. The molecule has 0 aromatic heterocycles. The Kier molecular flexibility index (Phi) is 17.1. The van der Waals surface area contributed by atoms with Crippen molar-refractivity contribution in [2.24, 2.45) is 5.73 Å². The summed E-state index contributed by atoms with van der Waals surface area (Å²) in [6, 6.07) is 0. The monoisotopic (exact) mass is 317 g/mol. The fourth-order valence-electron chi connectivity index (χ4n) is 2.15. The Labute approximate surface area is 147 Å². The van der Waals surface area contributed by atoms with Crippen LogP contribution in [0.15, 0.2) is 0 Å². The Balaban J connectivity index is 0. The van der Waals surface area contributed by atoms with Crippen LogP contribution in [-0.4, -0.2) is 60.8 Å². The van der Waals surface area contributed by atoms with E-state index in [4.69, 9.17) is 10.8 Å². The van der Waals surface area contributed by atoms with Crippen LogP contribution >= 0.6 is 0 Å². The molecule has 0 aliphatic carbocycles. The summed E-state index contributed by atoms with van der Waals surface area (Å²) in [6.07, 6.45) is 10.6. The maximum absolute atomic E-state index is 11.4. The third-order valence-corrected chi connectivity index (χ3v) is 4.99. The first kappa shape index (κ1) is 23.1. The van der Waals surface area contributed by atoms with E-state index in [0.29, 0.717) is 6.42 Å². The average molecular weight is 317 g/mol. The molecule has 3 N–H and O–H groups in total. The van der Waals surface area contributed by atoms with Gasteiger partial charge in [-0.05, 0) is 6.42 Å². The van der Waals surface area contributed by atoms with Gasteiger partial charge in [-0.2, -0.15) is 0 Å². The number of sulfone groups is 1. The van der Waals surface area contributed by atoms with Crippen LogP contribution in [0.5, 0.6) is 0 Å². The van der Waals surface area contributed by atoms with Gasteiger partial charge in [-0.3, -0.25) is 0 Å². The van der Waals surface area contributed by atoms with Crippen LogP contribution in [0.1, 0.15) is 71.1 Å². The van der Waals surface area contributed by atoms with Crippen LogP contribution in [0, 0.1) is 0 Å². The molecule has 0 fully saturated rings. The van der Waals surface area contributed by atoms with E-state index in [1.165, 1.54) is 44.9 Å². The molecule has 20 heavy (non-hydrogen) atoms. The van der Waals surface area contributed by atoms with Crippen molar-refractivity contribution in [1.82, 2.24) is 0 Å². The Morgan fingerprint density at radius 1 is 0.900 bits per heavy atom. The number of unbranched alkanes of at least 4 members (excludes halogenated alkanes) is 9. The van der Waals surface area contributed by atoms with Crippen LogP contribution in [0.2, 0.25) is 0 Å². The van der Waals surface area contributed by atoms with Crippen molar-refractivity contribution in [2.75, 3.05) is 11.5 Å². The molecule has 0 spiro atoms. The fraction of sp³-hybridized carbons (Fsp3) is 1.00. The predicted octanol–water partition coefficient (Wildman–Crippen LogP) is 1.95. The van der Waals surface area contributed by atoms with Gasteiger partial charge in [0.2, 0.25) is 0 Å². The van der Waals surface area contributed by atoms with Crippen molar-refractivity contribution in [3.8, 4) is 0 Å². The van der Waals surface area contributed by atoms with E-state index in [9.17, 15) is 8.42 Å². The first-order chi connectivity index (χ1) is 8.98. The molecule has 0 aliphatic heterocycles. The molecule has 118 valence electrons. The first-order valence-electron chi connectivity index (χ1n) is 7.62. The summed E-state index contributed by atoms with van der Waals surface area (Å²) in [5, 5.41) is 8.85. The molecule has 0 saturated heterocycles. The molecular formula is C14H32NNaO3S. The molecule has 0 radical (unpaired) electrons. The average Bonchev–Trinajstić information content (AvgIpc) is 2.30. The van der Waals surface area contributed by atoms with Gasteiger partial charge in [0.1, 0.15) is 6.23 Å². The Morgan fingerprint density at radius 2 is 1.30 bits per heavy atom. The number of nitrogens with two attached hydrogens (primary N) is 1. The van der Waals surface area contributed by atoms with Gasteiger partial charge >= 0.3 is 29.6 Å². The van der Waals surface area contributed by atoms with Crippen molar-refractivity contribution in [1.29, 1.82) is 0 Å². The molecule has 0 aromatic rings. The predicted molar refractivity (Wildman–Crippen MR) is 87.8 cm³/mol. The Morgan fingerprint density at radius 3 is 1.70 bits per heavy atom. The van der Waals surface area contributed by atoms with E-state index >= 15 is 0 Å². The second-order valence-corrected chi connectivity index (χ2v) is 7.59. The normalized spacial score (nSPS) is 12.9. The summed E-state index contributed by atoms with van der Waals surface area (Å²) in [5.41, 5.74) is 5.07. The summed E-state index contributed by atoms with van der Waals surface area (Å²) in [4.78, 5) is 0. The standard InChI is InChI=1S/C14H31NO3S.Na.H/c1-2-3-4-5-6-7-8-9-10-11-12-19(17,18)13-14(15)16;;/h14,16H,2-13,15H2,1H3;;.